The van der Waals surface area contributed by atoms with Gasteiger partial charge in [0.15, 0.2) is 11.3 Å². The molecule has 9 nitrogen and oxygen atoms in total. The predicted molar refractivity (Wildman–Crippen MR) is 105 cm³/mol. The van der Waals surface area contributed by atoms with E-state index in [1.54, 1.807) is 12.3 Å². The van der Waals surface area contributed by atoms with Crippen molar-refractivity contribution in [3.8, 4) is 0 Å². The van der Waals surface area contributed by atoms with E-state index in [1.807, 2.05) is 28.9 Å². The van der Waals surface area contributed by atoms with Gasteiger partial charge < -0.3 is 15.5 Å². The summed E-state index contributed by atoms with van der Waals surface area (Å²) in [4.78, 5) is 21.4. The summed E-state index contributed by atoms with van der Waals surface area (Å²) in [5.41, 5.74) is 8.32. The Bertz CT molecular complexity index is 1140. The summed E-state index contributed by atoms with van der Waals surface area (Å²) in [5.74, 6) is -0.179. The van der Waals surface area contributed by atoms with E-state index in [2.05, 4.69) is 25.7 Å². The number of amides is 1. The second-order valence-electron chi connectivity index (χ2n) is 6.75. The summed E-state index contributed by atoms with van der Waals surface area (Å²) in [6.07, 6.45) is 3.57. The first-order chi connectivity index (χ1) is 13.7. The van der Waals surface area contributed by atoms with Crippen molar-refractivity contribution in [2.24, 2.45) is 0 Å². The molecule has 3 aromatic heterocycles. The Kier molecular flexibility index (Phi) is 3.94. The third-order valence-electron chi connectivity index (χ3n) is 4.92. The van der Waals surface area contributed by atoms with Crippen LogP contribution in [0.25, 0.3) is 27.3 Å². The number of rotatable bonds is 3. The SMILES string of the molecule is Nc1nccc2c1c(C(=O)Nc1nc3ccccc3o1)nn2[C@@H]1CCC[N-]C1. The quantitative estimate of drug-likeness (QED) is 0.566. The van der Waals surface area contributed by atoms with E-state index in [0.29, 0.717) is 23.0 Å². The number of carbonyl (C=O) groups is 1. The number of pyridine rings is 1. The number of nitrogens with two attached hydrogens (primary N) is 1. The van der Waals surface area contributed by atoms with Crippen molar-refractivity contribution < 1.29 is 9.21 Å². The first-order valence-corrected chi connectivity index (χ1v) is 9.13. The molecule has 28 heavy (non-hydrogen) atoms. The van der Waals surface area contributed by atoms with Crippen molar-refractivity contribution in [1.29, 1.82) is 0 Å². The van der Waals surface area contributed by atoms with Crippen LogP contribution < -0.4 is 11.1 Å². The molecule has 4 heterocycles. The van der Waals surface area contributed by atoms with Gasteiger partial charge in [0.25, 0.3) is 5.91 Å². The fraction of sp³-hybridized carbons (Fsp3) is 0.263. The Morgan fingerprint density at radius 3 is 3.04 bits per heavy atom. The summed E-state index contributed by atoms with van der Waals surface area (Å²) >= 11 is 0. The number of piperidine rings is 1. The average Bonchev–Trinajstić information content (AvgIpc) is 3.30. The standard InChI is InChI=1S/C19H18N7O2/c20-17-15-13(7-9-22-17)26(11-4-3-8-21-10-11)25-16(15)18(27)24-19-23-12-5-1-2-6-14(12)28-19/h1-2,5-7,9,11H,3-4,8,10H2,(H2,20,22)(H,23,24,27)/q-1/t11-/m1/s1. The minimum absolute atomic E-state index is 0.101. The van der Waals surface area contributed by atoms with Gasteiger partial charge in [-0.25, -0.2) is 4.98 Å². The van der Waals surface area contributed by atoms with Crippen LogP contribution in [0.5, 0.6) is 0 Å². The third-order valence-corrected chi connectivity index (χ3v) is 4.92. The van der Waals surface area contributed by atoms with Gasteiger partial charge in [0.05, 0.1) is 10.9 Å². The molecule has 0 spiro atoms. The van der Waals surface area contributed by atoms with Crippen molar-refractivity contribution in [2.75, 3.05) is 24.1 Å². The molecule has 9 heteroatoms. The highest BCUT2D eigenvalue weighted by Gasteiger charge is 2.24. The lowest BCUT2D eigenvalue weighted by Gasteiger charge is -2.33. The molecule has 0 bridgehead atoms. The average molecular weight is 376 g/mol. The lowest BCUT2D eigenvalue weighted by molar-refractivity contribution is 0.102. The molecule has 5 rings (SSSR count). The molecule has 142 valence electrons. The number of para-hydroxylation sites is 2. The van der Waals surface area contributed by atoms with Crippen LogP contribution in [-0.2, 0) is 0 Å². The molecular formula is C19H18N7O2-. The number of oxazole rings is 1. The Balaban J connectivity index is 1.54. The highest BCUT2D eigenvalue weighted by molar-refractivity contribution is 6.13. The molecule has 1 atom stereocenters. The number of nitrogens with zero attached hydrogens (tertiary/aromatic N) is 5. The van der Waals surface area contributed by atoms with Crippen molar-refractivity contribution in [3.63, 3.8) is 0 Å². The lowest BCUT2D eigenvalue weighted by atomic mass is 10.1. The summed E-state index contributed by atoms with van der Waals surface area (Å²) in [7, 11) is 0. The van der Waals surface area contributed by atoms with Crippen LogP contribution in [0, 0.1) is 0 Å². The van der Waals surface area contributed by atoms with Crippen molar-refractivity contribution in [2.45, 2.75) is 18.9 Å². The smallest absolute Gasteiger partial charge is 0.302 e. The highest BCUT2D eigenvalue weighted by Crippen LogP contribution is 2.30. The predicted octanol–water partition coefficient (Wildman–Crippen LogP) is 3.12. The maximum atomic E-state index is 13.0. The number of nitrogens with one attached hydrogen (secondary N) is 1. The van der Waals surface area contributed by atoms with Crippen LogP contribution >= 0.6 is 0 Å². The van der Waals surface area contributed by atoms with Crippen LogP contribution in [0.1, 0.15) is 29.4 Å². The Hall–Kier alpha value is -3.46. The van der Waals surface area contributed by atoms with Gasteiger partial charge in [-0.3, -0.25) is 14.8 Å². The highest BCUT2D eigenvalue weighted by atomic mass is 16.4. The molecule has 0 radical (unpaired) electrons. The minimum Gasteiger partial charge on any atom is -0.661 e. The van der Waals surface area contributed by atoms with Gasteiger partial charge >= 0.3 is 6.01 Å². The van der Waals surface area contributed by atoms with Crippen molar-refractivity contribution in [1.82, 2.24) is 19.7 Å². The maximum Gasteiger partial charge on any atom is 0.302 e. The largest absolute Gasteiger partial charge is 0.661 e. The second-order valence-corrected chi connectivity index (χ2v) is 6.75. The van der Waals surface area contributed by atoms with Crippen molar-refractivity contribution >= 4 is 39.7 Å². The first kappa shape index (κ1) is 16.7. The zero-order valence-electron chi connectivity index (χ0n) is 15.0. The number of hydrogen-bond acceptors (Lipinski definition) is 6. The molecule has 0 aliphatic carbocycles. The normalized spacial score (nSPS) is 17.2. The van der Waals surface area contributed by atoms with Gasteiger partial charge in [-0.05, 0) is 24.6 Å². The molecule has 1 fully saturated rings. The third kappa shape index (κ3) is 2.76. The molecular weight excluding hydrogens is 358 g/mol. The second kappa shape index (κ2) is 6.61. The molecule has 1 amide bonds. The fourth-order valence-electron chi connectivity index (χ4n) is 3.60. The number of aromatic nitrogens is 4. The zero-order valence-corrected chi connectivity index (χ0v) is 15.0. The van der Waals surface area contributed by atoms with Gasteiger partial charge in [-0.15, -0.1) is 13.1 Å². The Morgan fingerprint density at radius 1 is 1.32 bits per heavy atom. The van der Waals surface area contributed by atoms with Crippen LogP contribution in [-0.4, -0.2) is 38.7 Å². The fourth-order valence-corrected chi connectivity index (χ4v) is 3.60. The van der Waals surface area contributed by atoms with E-state index in [4.69, 9.17) is 10.2 Å². The molecule has 1 aliphatic heterocycles. The number of fused-ring (bicyclic) bond motifs is 2. The van der Waals surface area contributed by atoms with E-state index in [1.165, 1.54) is 0 Å². The molecule has 1 aliphatic rings. The first-order valence-electron chi connectivity index (χ1n) is 9.13. The van der Waals surface area contributed by atoms with Crippen LogP contribution in [0.4, 0.5) is 11.8 Å². The number of benzene rings is 1. The van der Waals surface area contributed by atoms with Crippen molar-refractivity contribution in [3.05, 3.63) is 47.5 Å². The molecule has 0 unspecified atom stereocenters. The van der Waals surface area contributed by atoms with E-state index < -0.39 is 5.91 Å². The van der Waals surface area contributed by atoms with E-state index in [9.17, 15) is 4.79 Å². The Morgan fingerprint density at radius 2 is 2.21 bits per heavy atom. The summed E-state index contributed by atoms with van der Waals surface area (Å²) in [6.45, 7) is 1.54. The van der Waals surface area contributed by atoms with Gasteiger partial charge in [0, 0.05) is 12.2 Å². The number of anilines is 2. The lowest BCUT2D eigenvalue weighted by Crippen LogP contribution is -2.20. The van der Waals surface area contributed by atoms with Gasteiger partial charge in [-0.2, -0.15) is 10.1 Å². The monoisotopic (exact) mass is 376 g/mol. The maximum absolute atomic E-state index is 13.0. The number of hydrogen-bond donors (Lipinski definition) is 2. The van der Waals surface area contributed by atoms with Gasteiger partial charge in [-0.1, -0.05) is 18.6 Å². The van der Waals surface area contributed by atoms with E-state index in [-0.39, 0.29) is 23.6 Å². The zero-order chi connectivity index (χ0) is 19.1. The summed E-state index contributed by atoms with van der Waals surface area (Å²) in [6, 6.07) is 9.34. The Labute approximate surface area is 159 Å². The van der Waals surface area contributed by atoms with Gasteiger partial charge in [0.2, 0.25) is 0 Å². The van der Waals surface area contributed by atoms with Gasteiger partial charge in [0.1, 0.15) is 11.3 Å². The van der Waals surface area contributed by atoms with Crippen LogP contribution in [0.3, 0.4) is 0 Å². The van der Waals surface area contributed by atoms with Crippen LogP contribution in [0.2, 0.25) is 0 Å². The number of carbonyl (C=O) groups excluding carboxylic acids is 1. The van der Waals surface area contributed by atoms with E-state index >= 15 is 0 Å². The molecule has 4 aromatic rings. The summed E-state index contributed by atoms with van der Waals surface area (Å²) in [5, 5.41) is 12.3. The van der Waals surface area contributed by atoms with Crippen LogP contribution in [0.15, 0.2) is 40.9 Å². The summed E-state index contributed by atoms with van der Waals surface area (Å²) < 4.78 is 7.43. The molecule has 1 aromatic carbocycles. The minimum atomic E-state index is -0.442. The molecule has 0 saturated carbocycles. The molecule has 1 saturated heterocycles. The van der Waals surface area contributed by atoms with E-state index in [0.717, 1.165) is 24.9 Å². The topological polar surface area (TPSA) is 126 Å². The number of nitrogen functional groups attached to an aromatic ring is 1. The molecule has 3 N–H and O–H groups in total.